The van der Waals surface area contributed by atoms with Crippen molar-refractivity contribution in [1.29, 1.82) is 0 Å². The molecule has 2 nitrogen and oxygen atoms in total. The van der Waals surface area contributed by atoms with Gasteiger partial charge in [0.2, 0.25) is 5.91 Å². The van der Waals surface area contributed by atoms with Crippen molar-refractivity contribution in [2.75, 3.05) is 6.54 Å². The minimum Gasteiger partial charge on any atom is -0.356 e. The van der Waals surface area contributed by atoms with Gasteiger partial charge in [0.25, 0.3) is 0 Å². The minimum absolute atomic E-state index is 0.0470. The van der Waals surface area contributed by atoms with Crippen LogP contribution >= 0.6 is 0 Å². The molecule has 0 aromatic heterocycles. The van der Waals surface area contributed by atoms with Crippen molar-refractivity contribution >= 4 is 5.91 Å². The lowest BCUT2D eigenvalue weighted by Gasteiger charge is -2.36. The lowest BCUT2D eigenvalue weighted by molar-refractivity contribution is -0.129. The highest BCUT2D eigenvalue weighted by molar-refractivity contribution is 5.84. The molecule has 1 spiro atoms. The Bertz CT molecular complexity index is 226. The number of carbonyl (C=O) groups excluding carboxylic acids is 1. The van der Waals surface area contributed by atoms with E-state index in [0.29, 0.717) is 5.91 Å². The fourth-order valence-electron chi connectivity index (χ4n) is 3.05. The second-order valence-electron chi connectivity index (χ2n) is 5.37. The first-order valence-electron chi connectivity index (χ1n) is 5.92. The Hall–Kier alpha value is -0.530. The molecule has 1 saturated carbocycles. The maximum atomic E-state index is 11.7. The summed E-state index contributed by atoms with van der Waals surface area (Å²) in [5.74, 6) is 1.98. The molecule has 0 radical (unpaired) electrons. The van der Waals surface area contributed by atoms with Gasteiger partial charge >= 0.3 is 0 Å². The molecule has 0 aromatic carbocycles. The molecule has 1 heterocycles. The third kappa shape index (κ3) is 1.55. The summed E-state index contributed by atoms with van der Waals surface area (Å²) in [6.07, 6.45) is 5.84. The van der Waals surface area contributed by atoms with E-state index in [1.807, 2.05) is 0 Å². The number of rotatable bonds is 1. The van der Waals surface area contributed by atoms with Crippen molar-refractivity contribution in [2.24, 2.45) is 17.3 Å². The maximum absolute atomic E-state index is 11.7. The zero-order valence-electron chi connectivity index (χ0n) is 9.31. The number of amides is 1. The fourth-order valence-corrected chi connectivity index (χ4v) is 3.05. The quantitative estimate of drug-likeness (QED) is 0.683. The molecule has 1 N–H and O–H groups in total. The van der Waals surface area contributed by atoms with Crippen LogP contribution in [0.15, 0.2) is 0 Å². The van der Waals surface area contributed by atoms with Gasteiger partial charge in [0.05, 0.1) is 5.41 Å². The summed E-state index contributed by atoms with van der Waals surface area (Å²) < 4.78 is 0. The molecule has 14 heavy (non-hydrogen) atoms. The SMILES string of the molecule is CC(C)C1CCC2(CCNC2=O)CC1. The van der Waals surface area contributed by atoms with Crippen LogP contribution in [0.2, 0.25) is 0 Å². The van der Waals surface area contributed by atoms with Gasteiger partial charge in [-0.25, -0.2) is 0 Å². The van der Waals surface area contributed by atoms with Crippen molar-refractivity contribution in [3.8, 4) is 0 Å². The van der Waals surface area contributed by atoms with Gasteiger partial charge in [0.1, 0.15) is 0 Å². The van der Waals surface area contributed by atoms with Crippen LogP contribution in [0.5, 0.6) is 0 Å². The summed E-state index contributed by atoms with van der Waals surface area (Å²) in [5.41, 5.74) is 0.0470. The van der Waals surface area contributed by atoms with Gasteiger partial charge in [-0.15, -0.1) is 0 Å². The number of nitrogens with one attached hydrogen (secondary N) is 1. The molecule has 80 valence electrons. The Morgan fingerprint density at radius 1 is 1.29 bits per heavy atom. The molecular weight excluding hydrogens is 174 g/mol. The summed E-state index contributed by atoms with van der Waals surface area (Å²) in [6, 6.07) is 0. The van der Waals surface area contributed by atoms with E-state index in [1.54, 1.807) is 0 Å². The first-order chi connectivity index (χ1) is 6.64. The summed E-state index contributed by atoms with van der Waals surface area (Å²) >= 11 is 0. The van der Waals surface area contributed by atoms with E-state index in [2.05, 4.69) is 19.2 Å². The van der Waals surface area contributed by atoms with Gasteiger partial charge < -0.3 is 5.32 Å². The van der Waals surface area contributed by atoms with Crippen LogP contribution in [-0.4, -0.2) is 12.5 Å². The third-order valence-electron chi connectivity index (χ3n) is 4.30. The average Bonchev–Trinajstić information content (AvgIpc) is 2.49. The van der Waals surface area contributed by atoms with Gasteiger partial charge in [0, 0.05) is 6.54 Å². The van der Waals surface area contributed by atoms with E-state index >= 15 is 0 Å². The van der Waals surface area contributed by atoms with Crippen LogP contribution in [0.1, 0.15) is 46.0 Å². The van der Waals surface area contributed by atoms with E-state index in [0.717, 1.165) is 37.6 Å². The summed E-state index contributed by atoms with van der Waals surface area (Å²) in [4.78, 5) is 11.7. The number of hydrogen-bond donors (Lipinski definition) is 1. The van der Waals surface area contributed by atoms with E-state index in [4.69, 9.17) is 0 Å². The van der Waals surface area contributed by atoms with Crippen LogP contribution < -0.4 is 5.32 Å². The Labute approximate surface area is 86.5 Å². The minimum atomic E-state index is 0.0470. The zero-order valence-corrected chi connectivity index (χ0v) is 9.31. The molecular formula is C12H21NO. The number of carbonyl (C=O) groups is 1. The molecule has 0 bridgehead atoms. The molecule has 2 aliphatic rings. The largest absolute Gasteiger partial charge is 0.356 e. The molecule has 2 rings (SSSR count). The Balaban J connectivity index is 1.98. The normalized spacial score (nSPS) is 37.9. The van der Waals surface area contributed by atoms with Crippen LogP contribution in [0.3, 0.4) is 0 Å². The predicted molar refractivity (Wildman–Crippen MR) is 56.9 cm³/mol. The lowest BCUT2D eigenvalue weighted by atomic mass is 9.67. The Morgan fingerprint density at radius 3 is 2.36 bits per heavy atom. The van der Waals surface area contributed by atoms with Gasteiger partial charge in [0.15, 0.2) is 0 Å². The smallest absolute Gasteiger partial charge is 0.226 e. The van der Waals surface area contributed by atoms with E-state index in [-0.39, 0.29) is 5.41 Å². The van der Waals surface area contributed by atoms with Crippen LogP contribution in [0.25, 0.3) is 0 Å². The van der Waals surface area contributed by atoms with Crippen LogP contribution in [-0.2, 0) is 4.79 Å². The van der Waals surface area contributed by atoms with Crippen molar-refractivity contribution in [1.82, 2.24) is 5.32 Å². The molecule has 1 aliphatic heterocycles. The molecule has 1 aliphatic carbocycles. The van der Waals surface area contributed by atoms with E-state index < -0.39 is 0 Å². The number of hydrogen-bond acceptors (Lipinski definition) is 1. The molecule has 1 saturated heterocycles. The summed E-state index contributed by atoms with van der Waals surface area (Å²) in [6.45, 7) is 5.51. The lowest BCUT2D eigenvalue weighted by Crippen LogP contribution is -2.35. The summed E-state index contributed by atoms with van der Waals surface area (Å²) in [5, 5.41) is 2.99. The molecule has 0 aromatic rings. The van der Waals surface area contributed by atoms with E-state index in [9.17, 15) is 4.79 Å². The average molecular weight is 195 g/mol. The van der Waals surface area contributed by atoms with Crippen molar-refractivity contribution in [2.45, 2.75) is 46.0 Å². The third-order valence-corrected chi connectivity index (χ3v) is 4.30. The first kappa shape index (κ1) is 10.0. The second-order valence-corrected chi connectivity index (χ2v) is 5.37. The van der Waals surface area contributed by atoms with Crippen LogP contribution in [0.4, 0.5) is 0 Å². The molecule has 1 amide bonds. The topological polar surface area (TPSA) is 29.1 Å². The van der Waals surface area contributed by atoms with Crippen molar-refractivity contribution in [3.05, 3.63) is 0 Å². The first-order valence-corrected chi connectivity index (χ1v) is 5.92. The Morgan fingerprint density at radius 2 is 1.93 bits per heavy atom. The highest BCUT2D eigenvalue weighted by atomic mass is 16.2. The van der Waals surface area contributed by atoms with Gasteiger partial charge in [-0.3, -0.25) is 4.79 Å². The van der Waals surface area contributed by atoms with Gasteiger partial charge in [-0.2, -0.15) is 0 Å². The summed E-state index contributed by atoms with van der Waals surface area (Å²) in [7, 11) is 0. The molecule has 0 atom stereocenters. The van der Waals surface area contributed by atoms with Crippen molar-refractivity contribution < 1.29 is 4.79 Å². The molecule has 2 heteroatoms. The van der Waals surface area contributed by atoms with Crippen LogP contribution in [0, 0.1) is 17.3 Å². The fraction of sp³-hybridized carbons (Fsp3) is 0.917. The highest BCUT2D eigenvalue weighted by Crippen LogP contribution is 2.45. The van der Waals surface area contributed by atoms with E-state index in [1.165, 1.54) is 12.8 Å². The molecule has 0 unspecified atom stereocenters. The Kier molecular flexibility index (Phi) is 2.54. The second kappa shape index (κ2) is 3.56. The predicted octanol–water partition coefficient (Wildman–Crippen LogP) is 2.34. The van der Waals surface area contributed by atoms with Gasteiger partial charge in [-0.05, 0) is 43.9 Å². The highest BCUT2D eigenvalue weighted by Gasteiger charge is 2.44. The monoisotopic (exact) mass is 195 g/mol. The molecule has 2 fully saturated rings. The maximum Gasteiger partial charge on any atom is 0.226 e. The van der Waals surface area contributed by atoms with Crippen molar-refractivity contribution in [3.63, 3.8) is 0 Å². The zero-order chi connectivity index (χ0) is 10.2. The van der Waals surface area contributed by atoms with Gasteiger partial charge in [-0.1, -0.05) is 13.8 Å². The standard InChI is InChI=1S/C12H21NO/c1-9(2)10-3-5-12(6-4-10)7-8-13-11(12)14/h9-10H,3-8H2,1-2H3,(H,13,14).